The molecule has 8 atom stereocenters. The minimum atomic E-state index is -1.08. The lowest BCUT2D eigenvalue weighted by molar-refractivity contribution is -0.138. The summed E-state index contributed by atoms with van der Waals surface area (Å²) in [6, 6.07) is 9.30. The molecule has 4 aliphatic rings. The molecule has 23 heteroatoms. The Morgan fingerprint density at radius 1 is 0.575 bits per heavy atom. The van der Waals surface area contributed by atoms with Crippen LogP contribution in [0, 0.1) is 29.1 Å². The zero-order valence-electron chi connectivity index (χ0n) is 45.3. The van der Waals surface area contributed by atoms with Gasteiger partial charge in [-0.3, -0.25) is 9.59 Å². The highest BCUT2D eigenvalue weighted by Crippen LogP contribution is 2.50. The Kier molecular flexibility index (Phi) is 16.2. The number of aromatic nitrogens is 4. The number of nitrogens with zero attached hydrogens (tertiary/aromatic N) is 6. The van der Waals surface area contributed by atoms with Gasteiger partial charge in [0.25, 0.3) is 0 Å². The molecule has 0 radical (unpaired) electrons. The Hall–Kier alpha value is -7.53. The number of rotatable bonds is 15. The summed E-state index contributed by atoms with van der Waals surface area (Å²) in [4.78, 5) is 75.3. The number of benzene rings is 4. The van der Waals surface area contributed by atoms with Crippen LogP contribution < -0.4 is 20.4 Å². The highest BCUT2D eigenvalue weighted by molar-refractivity contribution is 5.88. The maximum atomic E-state index is 17.0. The van der Waals surface area contributed by atoms with Gasteiger partial charge in [0.05, 0.1) is 72.7 Å². The molecule has 0 bridgehead atoms. The van der Waals surface area contributed by atoms with Crippen molar-refractivity contribution in [1.82, 2.24) is 40.4 Å². The SMILES string of the molecule is COC(=O)N[C@H](C(=O)N1CCC[C@@H]1c1nc2cc(F)c([C@H]3CC[C@H](c4cc5[nH]c([C@H]6CCCN6C(=O)[C@@H](NC(=O)OC)[C@@H](C)OC)nc5cc4F)N3c3cc(F)c(N4CCC(c5ccc(F)cc5)CC4)c(F)c3)cc2[nH]1)[C@@H](C)OC. The zero-order chi connectivity index (χ0) is 56.7. The van der Waals surface area contributed by atoms with Gasteiger partial charge in [-0.05, 0) is 113 Å². The lowest BCUT2D eigenvalue weighted by Crippen LogP contribution is -2.54. The Morgan fingerprint density at radius 3 is 1.45 bits per heavy atom. The second-order valence-corrected chi connectivity index (χ2v) is 21.1. The van der Waals surface area contributed by atoms with E-state index in [1.165, 1.54) is 64.8 Å². The number of halogens is 5. The number of carbonyl (C=O) groups is 4. The Bertz CT molecular complexity index is 3100. The molecule has 10 rings (SSSR count). The third-order valence-electron chi connectivity index (χ3n) is 16.6. The van der Waals surface area contributed by atoms with Gasteiger partial charge in [-0.25, -0.2) is 41.5 Å². The van der Waals surface area contributed by atoms with Crippen molar-refractivity contribution in [2.24, 2.45) is 0 Å². The van der Waals surface area contributed by atoms with Crippen molar-refractivity contribution >= 4 is 57.4 Å². The van der Waals surface area contributed by atoms with Gasteiger partial charge in [0, 0.05) is 69.3 Å². The molecule has 0 unspecified atom stereocenters. The fraction of sp³-hybridized carbons (Fsp3) is 0.474. The van der Waals surface area contributed by atoms with Crippen molar-refractivity contribution in [3.63, 3.8) is 0 Å². The van der Waals surface area contributed by atoms with Gasteiger partial charge >= 0.3 is 12.2 Å². The van der Waals surface area contributed by atoms with Crippen LogP contribution in [0.2, 0.25) is 0 Å². The summed E-state index contributed by atoms with van der Waals surface area (Å²) in [6.45, 7) is 4.64. The van der Waals surface area contributed by atoms with E-state index >= 15 is 17.6 Å². The van der Waals surface area contributed by atoms with Crippen molar-refractivity contribution in [3.8, 4) is 0 Å². The van der Waals surface area contributed by atoms with Gasteiger partial charge in [0.15, 0.2) is 11.6 Å². The van der Waals surface area contributed by atoms with Gasteiger partial charge in [-0.1, -0.05) is 12.1 Å². The minimum absolute atomic E-state index is 0.0491. The summed E-state index contributed by atoms with van der Waals surface area (Å²) in [5, 5.41) is 5.14. The molecule has 0 spiro atoms. The molecular weight excluding hydrogens is 1050 g/mol. The number of amides is 4. The lowest BCUT2D eigenvalue weighted by Gasteiger charge is -2.36. The number of H-pyrrole nitrogens is 2. The van der Waals surface area contributed by atoms with Crippen LogP contribution in [0.5, 0.6) is 0 Å². The quantitative estimate of drug-likeness (QED) is 0.0712. The number of methoxy groups -OCH3 is 4. The topological polar surface area (TPSA) is 200 Å². The van der Waals surface area contributed by atoms with Crippen LogP contribution in [0.1, 0.15) is 124 Å². The summed E-state index contributed by atoms with van der Waals surface area (Å²) in [6.07, 6.45) is 0.794. The molecule has 426 valence electrons. The Labute approximate surface area is 458 Å². The summed E-state index contributed by atoms with van der Waals surface area (Å²) < 4.78 is 102. The smallest absolute Gasteiger partial charge is 0.407 e. The van der Waals surface area contributed by atoms with Gasteiger partial charge < -0.3 is 59.1 Å². The maximum absolute atomic E-state index is 17.0. The molecule has 4 amide bonds. The van der Waals surface area contributed by atoms with Crippen LogP contribution in [0.3, 0.4) is 0 Å². The second kappa shape index (κ2) is 23.3. The normalized spacial score (nSPS) is 21.3. The molecular formula is C57H65F5N10O8. The third kappa shape index (κ3) is 10.8. The van der Waals surface area contributed by atoms with Crippen molar-refractivity contribution < 1.29 is 60.1 Å². The number of hydrogen-bond acceptors (Lipinski definition) is 12. The highest BCUT2D eigenvalue weighted by Gasteiger charge is 2.43. The molecule has 18 nitrogen and oxygen atoms in total. The molecule has 4 saturated heterocycles. The summed E-state index contributed by atoms with van der Waals surface area (Å²) in [5.41, 5.74) is 2.44. The van der Waals surface area contributed by atoms with E-state index in [0.29, 0.717) is 87.4 Å². The average Bonchev–Trinajstić information content (AvgIpc) is 4.48. The van der Waals surface area contributed by atoms with Crippen molar-refractivity contribution in [2.75, 3.05) is 64.4 Å². The summed E-state index contributed by atoms with van der Waals surface area (Å²) >= 11 is 0. The zero-order valence-corrected chi connectivity index (χ0v) is 45.3. The first kappa shape index (κ1) is 55.8. The standard InChI is InChI=1S/C57H65F5N10O8/c1-29(77-3)49(67-56(75)79-5)54(73)70-19-7-9-47(70)52-63-41-25-35(37(59)27-43(41)65-52)45-15-16-46(72(45)34-23-39(61)51(40(62)24-34)69-21-17-32(18-22-69)31-11-13-33(58)14-12-31)36-26-42-44(28-38(36)60)66-53(64-42)48-10-8-20-71(48)55(74)50(30(2)78-4)68-57(76)80-6/h11-14,23-30,32,45-50H,7-10,15-22H2,1-6H3,(H,63,65)(H,64,66)(H,67,75)(H,68,76)/t29-,30-,45-,46-,47-,48-,49+,50+/m1/s1. The first-order chi connectivity index (χ1) is 38.5. The van der Waals surface area contributed by atoms with Gasteiger partial charge in [-0.15, -0.1) is 0 Å². The molecule has 2 aromatic heterocycles. The van der Waals surface area contributed by atoms with Crippen molar-refractivity contribution in [1.29, 1.82) is 0 Å². The molecule has 4 aliphatic heterocycles. The first-order valence-corrected chi connectivity index (χ1v) is 27.0. The number of aromatic amines is 2. The molecule has 6 aromatic rings. The number of fused-ring (bicyclic) bond motifs is 2. The van der Waals surface area contributed by atoms with E-state index in [4.69, 9.17) is 28.9 Å². The van der Waals surface area contributed by atoms with E-state index < -0.39 is 95.7 Å². The van der Waals surface area contributed by atoms with Crippen LogP contribution >= 0.6 is 0 Å². The first-order valence-electron chi connectivity index (χ1n) is 27.0. The number of piperidine rings is 1. The predicted molar refractivity (Wildman–Crippen MR) is 285 cm³/mol. The fourth-order valence-electron chi connectivity index (χ4n) is 12.3. The van der Waals surface area contributed by atoms with Crippen molar-refractivity contribution in [3.05, 3.63) is 118 Å². The number of alkyl carbamates (subject to hydrolysis) is 2. The number of likely N-dealkylation sites (tertiary alicyclic amines) is 2. The molecule has 6 heterocycles. The molecule has 4 fully saturated rings. The van der Waals surface area contributed by atoms with E-state index in [2.05, 4.69) is 20.6 Å². The molecule has 0 aliphatic carbocycles. The summed E-state index contributed by atoms with van der Waals surface area (Å²) in [5.74, 6) is -3.41. The van der Waals surface area contributed by atoms with Crippen molar-refractivity contribution in [2.45, 2.75) is 120 Å². The summed E-state index contributed by atoms with van der Waals surface area (Å²) in [7, 11) is 5.23. The minimum Gasteiger partial charge on any atom is -0.453 e. The van der Waals surface area contributed by atoms with E-state index in [9.17, 15) is 23.6 Å². The van der Waals surface area contributed by atoms with Crippen LogP contribution in [-0.2, 0) is 28.5 Å². The molecule has 0 saturated carbocycles. The third-order valence-corrected chi connectivity index (χ3v) is 16.6. The highest BCUT2D eigenvalue weighted by atomic mass is 19.1. The van der Waals surface area contributed by atoms with E-state index in [0.717, 1.165) is 5.56 Å². The second-order valence-electron chi connectivity index (χ2n) is 21.1. The van der Waals surface area contributed by atoms with Crippen LogP contribution in [0.15, 0.2) is 60.7 Å². The Balaban J connectivity index is 0.993. The van der Waals surface area contributed by atoms with Gasteiger partial charge in [0.2, 0.25) is 11.8 Å². The average molecular weight is 1110 g/mol. The number of ether oxygens (including phenoxy) is 4. The number of carbonyl (C=O) groups excluding carboxylic acids is 4. The molecule has 4 aromatic carbocycles. The largest absolute Gasteiger partial charge is 0.453 e. The molecule has 80 heavy (non-hydrogen) atoms. The monoisotopic (exact) mass is 1110 g/mol. The van der Waals surface area contributed by atoms with E-state index in [1.807, 2.05) is 0 Å². The van der Waals surface area contributed by atoms with Crippen LogP contribution in [0.4, 0.5) is 42.9 Å². The van der Waals surface area contributed by atoms with Gasteiger partial charge in [-0.2, -0.15) is 0 Å². The maximum Gasteiger partial charge on any atom is 0.407 e. The predicted octanol–water partition coefficient (Wildman–Crippen LogP) is 9.45. The number of anilines is 2. The number of nitrogens with one attached hydrogen (secondary N) is 4. The van der Waals surface area contributed by atoms with Crippen LogP contribution in [-0.4, -0.2) is 133 Å². The Morgan fingerprint density at radius 2 is 1.02 bits per heavy atom. The fourth-order valence-corrected chi connectivity index (χ4v) is 12.3. The van der Waals surface area contributed by atoms with Crippen LogP contribution in [0.25, 0.3) is 22.1 Å². The van der Waals surface area contributed by atoms with Gasteiger partial charge in [0.1, 0.15) is 46.9 Å². The number of hydrogen-bond donors (Lipinski definition) is 4. The van der Waals surface area contributed by atoms with E-state index in [1.54, 1.807) is 57.7 Å². The lowest BCUT2D eigenvalue weighted by atomic mass is 9.89. The number of imidazole rings is 2. The van der Waals surface area contributed by atoms with E-state index in [-0.39, 0.29) is 58.1 Å². The molecule has 4 N–H and O–H groups in total.